The third-order valence-electron chi connectivity index (χ3n) is 4.91. The second-order valence-electron chi connectivity index (χ2n) is 6.83. The molecule has 0 aliphatic carbocycles. The topological polar surface area (TPSA) is 76.4 Å². The molecule has 2 aromatic heterocycles. The molecule has 0 radical (unpaired) electrons. The summed E-state index contributed by atoms with van der Waals surface area (Å²) >= 11 is 12.0. The minimum absolute atomic E-state index is 0.0693. The molecule has 1 fully saturated rings. The number of carbonyl (C=O) groups excluding carboxylic acids is 1. The number of carbonyl (C=O) groups is 1. The second-order valence-corrected chi connectivity index (χ2v) is 7.67. The van der Waals surface area contributed by atoms with Crippen LogP contribution in [0.3, 0.4) is 0 Å². The van der Waals surface area contributed by atoms with Crippen LogP contribution in [-0.4, -0.2) is 63.3 Å². The molecule has 0 bridgehead atoms. The van der Waals surface area contributed by atoms with Crippen LogP contribution in [0.1, 0.15) is 5.82 Å². The lowest BCUT2D eigenvalue weighted by Gasteiger charge is -2.35. The van der Waals surface area contributed by atoms with Gasteiger partial charge < -0.3 is 14.5 Å². The van der Waals surface area contributed by atoms with Crippen LogP contribution >= 0.6 is 23.2 Å². The minimum atomic E-state index is -0.0855. The average Bonchev–Trinajstić information content (AvgIpc) is 3.19. The quantitative estimate of drug-likeness (QED) is 0.599. The molecule has 1 aliphatic rings. The third-order valence-corrected chi connectivity index (χ3v) is 5.44. The summed E-state index contributed by atoms with van der Waals surface area (Å²) in [5.74, 6) is 2.72. The van der Waals surface area contributed by atoms with Gasteiger partial charge in [-0.05, 0) is 37.3 Å². The highest BCUT2D eigenvalue weighted by Gasteiger charge is 2.22. The van der Waals surface area contributed by atoms with Crippen molar-refractivity contribution in [1.29, 1.82) is 0 Å². The number of nitrogens with zero attached hydrogens (tertiary/aromatic N) is 6. The van der Waals surface area contributed by atoms with E-state index in [4.69, 9.17) is 27.9 Å². The summed E-state index contributed by atoms with van der Waals surface area (Å²) in [6.07, 6.45) is 3.58. The maximum atomic E-state index is 12.5. The first kappa shape index (κ1) is 20.4. The predicted molar refractivity (Wildman–Crippen MR) is 115 cm³/mol. The number of piperazine rings is 1. The molecule has 4 rings (SSSR count). The van der Waals surface area contributed by atoms with Crippen molar-refractivity contribution >= 4 is 34.9 Å². The Hall–Kier alpha value is -2.84. The zero-order valence-corrected chi connectivity index (χ0v) is 17.8. The minimum Gasteiger partial charge on any atom is -0.482 e. The first-order valence-electron chi connectivity index (χ1n) is 9.46. The van der Waals surface area contributed by atoms with Crippen molar-refractivity contribution in [1.82, 2.24) is 24.6 Å². The second kappa shape index (κ2) is 8.89. The Morgan fingerprint density at radius 2 is 1.80 bits per heavy atom. The summed E-state index contributed by atoms with van der Waals surface area (Å²) in [6.45, 7) is 4.36. The molecule has 1 amide bonds. The summed E-state index contributed by atoms with van der Waals surface area (Å²) in [4.78, 5) is 20.6. The molecule has 156 valence electrons. The zero-order chi connectivity index (χ0) is 21.1. The molecule has 10 heteroatoms. The Morgan fingerprint density at radius 1 is 1.07 bits per heavy atom. The van der Waals surface area contributed by atoms with Crippen molar-refractivity contribution in [2.45, 2.75) is 6.92 Å². The number of hydrogen-bond donors (Lipinski definition) is 0. The Bertz CT molecular complexity index is 1030. The normalized spacial score (nSPS) is 14.1. The van der Waals surface area contributed by atoms with Gasteiger partial charge in [-0.2, -0.15) is 0 Å². The molecule has 0 atom stereocenters. The summed E-state index contributed by atoms with van der Waals surface area (Å²) in [5, 5.41) is 9.54. The number of ether oxygens (including phenoxy) is 1. The molecule has 1 aliphatic heterocycles. The lowest BCUT2D eigenvalue weighted by atomic mass is 10.3. The van der Waals surface area contributed by atoms with Crippen LogP contribution in [0.15, 0.2) is 42.7 Å². The van der Waals surface area contributed by atoms with Crippen molar-refractivity contribution in [3.8, 4) is 11.6 Å². The maximum Gasteiger partial charge on any atom is 0.260 e. The predicted octanol–water partition coefficient (Wildman–Crippen LogP) is 3.01. The summed E-state index contributed by atoms with van der Waals surface area (Å²) < 4.78 is 7.43. The van der Waals surface area contributed by atoms with Crippen LogP contribution in [-0.2, 0) is 4.79 Å². The summed E-state index contributed by atoms with van der Waals surface area (Å²) in [5.41, 5.74) is 0. The van der Waals surface area contributed by atoms with Gasteiger partial charge in [0.15, 0.2) is 18.2 Å². The van der Waals surface area contributed by atoms with E-state index in [-0.39, 0.29) is 12.5 Å². The van der Waals surface area contributed by atoms with Gasteiger partial charge in [-0.25, -0.2) is 4.98 Å². The number of rotatable bonds is 5. The van der Waals surface area contributed by atoms with Crippen molar-refractivity contribution in [2.75, 3.05) is 37.7 Å². The van der Waals surface area contributed by atoms with Crippen LogP contribution < -0.4 is 9.64 Å². The number of amides is 1. The van der Waals surface area contributed by atoms with Crippen LogP contribution in [0, 0.1) is 6.92 Å². The van der Waals surface area contributed by atoms with E-state index < -0.39 is 0 Å². The number of imidazole rings is 1. The average molecular weight is 447 g/mol. The fourth-order valence-corrected chi connectivity index (χ4v) is 3.71. The molecule has 3 aromatic rings. The Morgan fingerprint density at radius 3 is 2.43 bits per heavy atom. The van der Waals surface area contributed by atoms with Gasteiger partial charge in [0.25, 0.3) is 5.91 Å². The molecule has 1 saturated heterocycles. The summed E-state index contributed by atoms with van der Waals surface area (Å²) in [7, 11) is 0. The van der Waals surface area contributed by atoms with Gasteiger partial charge in [-0.3, -0.25) is 9.36 Å². The van der Waals surface area contributed by atoms with Crippen LogP contribution in [0.4, 0.5) is 5.82 Å². The molecular formula is C20H20Cl2N6O2. The van der Waals surface area contributed by atoms with Crippen LogP contribution in [0.2, 0.25) is 10.0 Å². The van der Waals surface area contributed by atoms with Crippen molar-refractivity contribution < 1.29 is 9.53 Å². The zero-order valence-electron chi connectivity index (χ0n) is 16.3. The van der Waals surface area contributed by atoms with Crippen LogP contribution in [0.25, 0.3) is 5.82 Å². The first-order valence-corrected chi connectivity index (χ1v) is 10.2. The molecule has 3 heterocycles. The van der Waals surface area contributed by atoms with Gasteiger partial charge in [0.05, 0.1) is 5.02 Å². The fourth-order valence-electron chi connectivity index (χ4n) is 3.24. The van der Waals surface area contributed by atoms with Crippen LogP contribution in [0.5, 0.6) is 5.75 Å². The van der Waals surface area contributed by atoms with Gasteiger partial charge in [0.1, 0.15) is 11.6 Å². The number of anilines is 1. The van der Waals surface area contributed by atoms with E-state index in [1.165, 1.54) is 0 Å². The highest BCUT2D eigenvalue weighted by atomic mass is 35.5. The van der Waals surface area contributed by atoms with E-state index in [1.54, 1.807) is 29.3 Å². The van der Waals surface area contributed by atoms with E-state index in [0.29, 0.717) is 42.0 Å². The Kier molecular flexibility index (Phi) is 6.06. The molecule has 30 heavy (non-hydrogen) atoms. The number of benzene rings is 1. The SMILES string of the molecule is Cc1nccn1-c1ccc(N2CCN(C(=O)COc3ccc(Cl)cc3Cl)CC2)nn1. The highest BCUT2D eigenvalue weighted by Crippen LogP contribution is 2.27. The van der Waals surface area contributed by atoms with Gasteiger partial charge in [0.2, 0.25) is 0 Å². The monoisotopic (exact) mass is 446 g/mol. The fraction of sp³-hybridized carbons (Fsp3) is 0.300. The molecule has 0 unspecified atom stereocenters. The van der Waals surface area contributed by atoms with Crippen molar-refractivity contribution in [3.05, 3.63) is 58.6 Å². The highest BCUT2D eigenvalue weighted by molar-refractivity contribution is 6.35. The van der Waals surface area contributed by atoms with E-state index in [0.717, 1.165) is 17.5 Å². The molecule has 0 spiro atoms. The number of halogens is 2. The number of aromatic nitrogens is 4. The Balaban J connectivity index is 1.30. The number of aryl methyl sites for hydroxylation is 1. The van der Waals surface area contributed by atoms with Gasteiger partial charge >= 0.3 is 0 Å². The van der Waals surface area contributed by atoms with Gasteiger partial charge in [-0.1, -0.05) is 23.2 Å². The van der Waals surface area contributed by atoms with Gasteiger partial charge in [0, 0.05) is 43.6 Å². The molecule has 8 nitrogen and oxygen atoms in total. The Labute approximate surface area is 184 Å². The van der Waals surface area contributed by atoms with E-state index in [9.17, 15) is 4.79 Å². The third kappa shape index (κ3) is 4.49. The molecule has 0 saturated carbocycles. The van der Waals surface area contributed by atoms with E-state index in [1.807, 2.05) is 29.8 Å². The number of hydrogen-bond acceptors (Lipinski definition) is 6. The van der Waals surface area contributed by atoms with Gasteiger partial charge in [-0.15, -0.1) is 10.2 Å². The lowest BCUT2D eigenvalue weighted by Crippen LogP contribution is -2.50. The van der Waals surface area contributed by atoms with E-state index >= 15 is 0 Å². The molecule has 0 N–H and O–H groups in total. The molecular weight excluding hydrogens is 427 g/mol. The smallest absolute Gasteiger partial charge is 0.260 e. The standard InChI is InChI=1S/C20H20Cl2N6O2/c1-14-23-6-7-28(14)19-5-4-18(24-25-19)26-8-10-27(11-9-26)20(29)13-30-17-3-2-15(21)12-16(17)22/h2-7,12H,8-11,13H2,1H3. The first-order chi connectivity index (χ1) is 14.5. The largest absolute Gasteiger partial charge is 0.482 e. The van der Waals surface area contributed by atoms with Crippen molar-refractivity contribution in [2.24, 2.45) is 0 Å². The summed E-state index contributed by atoms with van der Waals surface area (Å²) in [6, 6.07) is 8.77. The van der Waals surface area contributed by atoms with Crippen molar-refractivity contribution in [3.63, 3.8) is 0 Å². The maximum absolute atomic E-state index is 12.5. The molecule has 1 aromatic carbocycles. The lowest BCUT2D eigenvalue weighted by molar-refractivity contribution is -0.133. The van der Waals surface area contributed by atoms with E-state index in [2.05, 4.69) is 20.1 Å².